The van der Waals surface area contributed by atoms with E-state index in [0.717, 1.165) is 12.2 Å². The van der Waals surface area contributed by atoms with Crippen LogP contribution in [0.5, 0.6) is 0 Å². The number of likely N-dealkylation sites (tertiary alicyclic amines) is 1. The Morgan fingerprint density at radius 1 is 1.05 bits per heavy atom. The highest BCUT2D eigenvalue weighted by Gasteiger charge is 2.27. The van der Waals surface area contributed by atoms with E-state index in [9.17, 15) is 0 Å². The van der Waals surface area contributed by atoms with Crippen molar-refractivity contribution in [3.63, 3.8) is 0 Å². The van der Waals surface area contributed by atoms with Crippen molar-refractivity contribution in [1.29, 1.82) is 0 Å². The molecule has 2 atom stereocenters. The number of nitrogens with zero attached hydrogens (tertiary/aromatic N) is 1. The number of hydrogen-bond acceptors (Lipinski definition) is 2. The predicted octanol–water partition coefficient (Wildman–Crippen LogP) is 3.82. The molecule has 104 valence electrons. The molecular weight excluding hydrogens is 244 g/mol. The number of nitrogen functional groups attached to an aromatic ring is 1. The first-order valence-electron chi connectivity index (χ1n) is 7.38. The number of rotatable bonds is 3. The van der Waals surface area contributed by atoms with Crippen LogP contribution in [0, 0.1) is 0 Å². The van der Waals surface area contributed by atoms with Crippen molar-refractivity contribution in [3.05, 3.63) is 65.7 Å². The lowest BCUT2D eigenvalue weighted by molar-refractivity contribution is 0.260. The lowest BCUT2D eigenvalue weighted by Gasteiger charge is -2.25. The maximum atomic E-state index is 5.76. The normalized spacial score (nSPS) is 20.9. The van der Waals surface area contributed by atoms with Gasteiger partial charge in [-0.15, -0.1) is 0 Å². The van der Waals surface area contributed by atoms with E-state index in [1.807, 2.05) is 12.1 Å². The third-order valence-electron chi connectivity index (χ3n) is 4.46. The van der Waals surface area contributed by atoms with Gasteiger partial charge in [-0.2, -0.15) is 0 Å². The second-order valence-electron chi connectivity index (χ2n) is 5.73. The van der Waals surface area contributed by atoms with Crippen LogP contribution in [0.3, 0.4) is 0 Å². The van der Waals surface area contributed by atoms with Gasteiger partial charge in [-0.25, -0.2) is 0 Å². The second-order valence-corrected chi connectivity index (χ2v) is 5.73. The SMILES string of the molecule is CC(c1ccc(N)cc1)N1CCC(c2ccccc2)C1. The van der Waals surface area contributed by atoms with Crippen LogP contribution in [-0.2, 0) is 0 Å². The van der Waals surface area contributed by atoms with Crippen LogP contribution in [-0.4, -0.2) is 18.0 Å². The molecule has 2 nitrogen and oxygen atoms in total. The van der Waals surface area contributed by atoms with Crippen LogP contribution < -0.4 is 5.73 Å². The summed E-state index contributed by atoms with van der Waals surface area (Å²) < 4.78 is 0. The van der Waals surface area contributed by atoms with Gasteiger partial charge in [0.25, 0.3) is 0 Å². The molecule has 3 rings (SSSR count). The van der Waals surface area contributed by atoms with Crippen molar-refractivity contribution in [1.82, 2.24) is 4.90 Å². The Bertz CT molecular complexity index is 547. The molecule has 20 heavy (non-hydrogen) atoms. The Hall–Kier alpha value is -1.80. The smallest absolute Gasteiger partial charge is 0.0320 e. The van der Waals surface area contributed by atoms with Crippen molar-refractivity contribution >= 4 is 5.69 Å². The van der Waals surface area contributed by atoms with Crippen LogP contribution in [0.15, 0.2) is 54.6 Å². The molecule has 2 N–H and O–H groups in total. The fraction of sp³-hybridized carbons (Fsp3) is 0.333. The molecular formula is C18H22N2. The minimum atomic E-state index is 0.462. The molecule has 2 aromatic rings. The molecule has 0 spiro atoms. The lowest BCUT2D eigenvalue weighted by atomic mass is 9.98. The van der Waals surface area contributed by atoms with Crippen LogP contribution >= 0.6 is 0 Å². The Labute approximate surface area is 121 Å². The van der Waals surface area contributed by atoms with Gasteiger partial charge in [0.05, 0.1) is 0 Å². The second kappa shape index (κ2) is 5.68. The number of nitrogens with two attached hydrogens (primary N) is 1. The summed E-state index contributed by atoms with van der Waals surface area (Å²) in [6, 6.07) is 19.6. The van der Waals surface area contributed by atoms with E-state index in [2.05, 4.69) is 54.3 Å². The lowest BCUT2D eigenvalue weighted by Crippen LogP contribution is -2.24. The van der Waals surface area contributed by atoms with Gasteiger partial charge in [0.2, 0.25) is 0 Å². The Morgan fingerprint density at radius 2 is 1.75 bits per heavy atom. The van der Waals surface area contributed by atoms with Gasteiger partial charge < -0.3 is 5.73 Å². The van der Waals surface area contributed by atoms with Crippen molar-refractivity contribution in [2.24, 2.45) is 0 Å². The standard InChI is InChI=1S/C18H22N2/c1-14(15-7-9-18(19)10-8-15)20-12-11-17(13-20)16-5-3-2-4-6-16/h2-10,14,17H,11-13,19H2,1H3. The van der Waals surface area contributed by atoms with E-state index in [1.165, 1.54) is 24.1 Å². The first-order valence-corrected chi connectivity index (χ1v) is 7.38. The Balaban J connectivity index is 1.69. The quantitative estimate of drug-likeness (QED) is 0.856. The van der Waals surface area contributed by atoms with E-state index >= 15 is 0 Å². The van der Waals surface area contributed by atoms with E-state index in [1.54, 1.807) is 0 Å². The third-order valence-corrected chi connectivity index (χ3v) is 4.46. The van der Waals surface area contributed by atoms with Gasteiger partial charge in [0.15, 0.2) is 0 Å². The largest absolute Gasteiger partial charge is 0.399 e. The first-order chi connectivity index (χ1) is 9.74. The molecule has 1 aliphatic heterocycles. The zero-order valence-corrected chi connectivity index (χ0v) is 12.0. The molecule has 2 unspecified atom stereocenters. The molecule has 1 heterocycles. The van der Waals surface area contributed by atoms with Crippen molar-refractivity contribution in [2.75, 3.05) is 18.8 Å². The Morgan fingerprint density at radius 3 is 2.45 bits per heavy atom. The van der Waals surface area contributed by atoms with Gasteiger partial charge >= 0.3 is 0 Å². The van der Waals surface area contributed by atoms with Crippen molar-refractivity contribution < 1.29 is 0 Å². The van der Waals surface area contributed by atoms with Gasteiger partial charge in [0, 0.05) is 18.3 Å². The third kappa shape index (κ3) is 2.70. The molecule has 0 radical (unpaired) electrons. The van der Waals surface area contributed by atoms with Gasteiger partial charge in [0.1, 0.15) is 0 Å². The van der Waals surface area contributed by atoms with Crippen LogP contribution in [0.2, 0.25) is 0 Å². The highest BCUT2D eigenvalue weighted by atomic mass is 15.2. The summed E-state index contributed by atoms with van der Waals surface area (Å²) >= 11 is 0. The molecule has 0 aliphatic carbocycles. The summed E-state index contributed by atoms with van der Waals surface area (Å²) in [4.78, 5) is 2.57. The average molecular weight is 266 g/mol. The highest BCUT2D eigenvalue weighted by molar-refractivity contribution is 5.40. The molecule has 2 aromatic carbocycles. The van der Waals surface area contributed by atoms with Crippen LogP contribution in [0.4, 0.5) is 5.69 Å². The minimum absolute atomic E-state index is 0.462. The molecule has 0 bridgehead atoms. The summed E-state index contributed by atoms with van der Waals surface area (Å²) in [5.74, 6) is 0.674. The van der Waals surface area contributed by atoms with Gasteiger partial charge in [-0.1, -0.05) is 42.5 Å². The summed E-state index contributed by atoms with van der Waals surface area (Å²) in [6.45, 7) is 4.61. The van der Waals surface area contributed by atoms with E-state index in [4.69, 9.17) is 5.73 Å². The summed E-state index contributed by atoms with van der Waals surface area (Å²) in [6.07, 6.45) is 1.25. The molecule has 1 fully saturated rings. The van der Waals surface area contributed by atoms with E-state index in [-0.39, 0.29) is 0 Å². The molecule has 0 aromatic heterocycles. The zero-order chi connectivity index (χ0) is 13.9. The fourth-order valence-electron chi connectivity index (χ4n) is 3.12. The number of hydrogen-bond donors (Lipinski definition) is 1. The van der Waals surface area contributed by atoms with Crippen molar-refractivity contribution in [3.8, 4) is 0 Å². The fourth-order valence-corrected chi connectivity index (χ4v) is 3.12. The van der Waals surface area contributed by atoms with Gasteiger partial charge in [-0.05, 0) is 49.1 Å². The summed E-state index contributed by atoms with van der Waals surface area (Å²) in [5, 5.41) is 0. The van der Waals surface area contributed by atoms with E-state index in [0.29, 0.717) is 12.0 Å². The maximum Gasteiger partial charge on any atom is 0.0320 e. The Kier molecular flexibility index (Phi) is 3.75. The predicted molar refractivity (Wildman–Crippen MR) is 84.6 cm³/mol. The summed E-state index contributed by atoms with van der Waals surface area (Å²) in [5.41, 5.74) is 9.43. The number of benzene rings is 2. The molecule has 1 aliphatic rings. The maximum absolute atomic E-state index is 5.76. The minimum Gasteiger partial charge on any atom is -0.399 e. The zero-order valence-electron chi connectivity index (χ0n) is 12.0. The topological polar surface area (TPSA) is 29.3 Å². The molecule has 0 saturated carbocycles. The molecule has 2 heteroatoms. The van der Waals surface area contributed by atoms with Gasteiger partial charge in [-0.3, -0.25) is 4.90 Å². The highest BCUT2D eigenvalue weighted by Crippen LogP contribution is 2.32. The molecule has 0 amide bonds. The van der Waals surface area contributed by atoms with Crippen LogP contribution in [0.25, 0.3) is 0 Å². The number of anilines is 1. The van der Waals surface area contributed by atoms with Crippen LogP contribution in [0.1, 0.15) is 36.4 Å². The van der Waals surface area contributed by atoms with Crippen molar-refractivity contribution in [2.45, 2.75) is 25.3 Å². The van der Waals surface area contributed by atoms with E-state index < -0.39 is 0 Å². The monoisotopic (exact) mass is 266 g/mol. The average Bonchev–Trinajstić information content (AvgIpc) is 2.98. The molecule has 1 saturated heterocycles. The summed E-state index contributed by atoms with van der Waals surface area (Å²) in [7, 11) is 0. The first kappa shape index (κ1) is 13.2.